The Bertz CT molecular complexity index is 580. The van der Waals surface area contributed by atoms with E-state index in [1.165, 1.54) is 24.5 Å². The average molecular weight is 360 g/mol. The van der Waals surface area contributed by atoms with Crippen LogP contribution in [0.3, 0.4) is 0 Å². The largest absolute Gasteiger partial charge is 0.481 e. The minimum Gasteiger partial charge on any atom is -0.481 e. The average Bonchev–Trinajstić information content (AvgIpc) is 2.78. The third-order valence-corrected chi connectivity index (χ3v) is 4.36. The second-order valence-electron chi connectivity index (χ2n) is 5.80. The molecule has 9 heteroatoms. The summed E-state index contributed by atoms with van der Waals surface area (Å²) in [6, 6.07) is 0. The van der Waals surface area contributed by atoms with Gasteiger partial charge in [-0.25, -0.2) is 9.78 Å². The monoisotopic (exact) mass is 360 g/mol. The maximum atomic E-state index is 11.6. The number of thiazole rings is 1. The van der Waals surface area contributed by atoms with E-state index in [2.05, 4.69) is 10.3 Å². The Morgan fingerprint density at radius 2 is 2.09 bits per heavy atom. The fourth-order valence-corrected chi connectivity index (χ4v) is 3.10. The Kier molecular flexibility index (Phi) is 7.01. The maximum Gasteiger partial charge on any atom is 0.413 e. The predicted octanol–water partition coefficient (Wildman–Crippen LogP) is 3.01. The molecular weight excluding hydrogens is 340 g/mol. The van der Waals surface area contributed by atoms with Crippen LogP contribution >= 0.6 is 23.1 Å². The number of rotatable bonds is 6. The number of carboxylic acid groups (broad SMARTS) is 1. The van der Waals surface area contributed by atoms with Gasteiger partial charge in [-0.1, -0.05) is 11.8 Å². The van der Waals surface area contributed by atoms with Gasteiger partial charge in [-0.2, -0.15) is 0 Å². The number of aromatic nitrogens is 1. The molecule has 128 valence electrons. The summed E-state index contributed by atoms with van der Waals surface area (Å²) in [5, 5.41) is 11.9. The maximum absolute atomic E-state index is 11.6. The molecule has 0 saturated heterocycles. The summed E-state index contributed by atoms with van der Waals surface area (Å²) in [5.74, 6) is -1.44. The molecule has 1 aromatic heterocycles. The van der Waals surface area contributed by atoms with Gasteiger partial charge in [-0.3, -0.25) is 14.9 Å². The van der Waals surface area contributed by atoms with Crippen LogP contribution in [-0.2, 0) is 20.7 Å². The predicted molar refractivity (Wildman–Crippen MR) is 89.9 cm³/mol. The van der Waals surface area contributed by atoms with Crippen LogP contribution in [0.1, 0.15) is 32.6 Å². The molecule has 1 unspecified atom stereocenters. The van der Waals surface area contributed by atoms with E-state index in [4.69, 9.17) is 4.74 Å². The lowest BCUT2D eigenvalue weighted by molar-refractivity contribution is -0.140. The van der Waals surface area contributed by atoms with Crippen molar-refractivity contribution in [3.8, 4) is 0 Å². The highest BCUT2D eigenvalue weighted by Crippen LogP contribution is 2.24. The van der Waals surface area contributed by atoms with Crippen molar-refractivity contribution in [2.24, 2.45) is 5.92 Å². The summed E-state index contributed by atoms with van der Waals surface area (Å²) in [7, 11) is 0. The number of carboxylic acids is 1. The first-order valence-electron chi connectivity index (χ1n) is 6.87. The van der Waals surface area contributed by atoms with Crippen molar-refractivity contribution in [2.75, 3.05) is 11.1 Å². The van der Waals surface area contributed by atoms with E-state index in [0.717, 1.165) is 11.8 Å². The summed E-state index contributed by atoms with van der Waals surface area (Å²) >= 11 is 2.17. The molecule has 1 atom stereocenters. The van der Waals surface area contributed by atoms with Crippen LogP contribution in [0.4, 0.5) is 9.93 Å². The molecule has 7 nitrogen and oxygen atoms in total. The Morgan fingerprint density at radius 3 is 2.61 bits per heavy atom. The lowest BCUT2D eigenvalue weighted by atomic mass is 10.1. The van der Waals surface area contributed by atoms with Crippen LogP contribution in [0, 0.1) is 5.92 Å². The van der Waals surface area contributed by atoms with E-state index >= 15 is 0 Å². The van der Waals surface area contributed by atoms with Gasteiger partial charge in [-0.05, 0) is 27.2 Å². The van der Waals surface area contributed by atoms with E-state index in [1.807, 2.05) is 0 Å². The first-order chi connectivity index (χ1) is 10.6. The van der Waals surface area contributed by atoms with Crippen LogP contribution in [-0.4, -0.2) is 38.6 Å². The SMILES string of the molecule is CC(=O)SCC(Cc1cnc(NC(=O)OC(C)(C)C)s1)C(=O)O. The summed E-state index contributed by atoms with van der Waals surface area (Å²) in [5.41, 5.74) is -0.609. The number of aliphatic carboxylic acids is 1. The molecule has 0 aliphatic carbocycles. The highest BCUT2D eigenvalue weighted by molar-refractivity contribution is 8.13. The molecule has 0 aliphatic heterocycles. The second-order valence-corrected chi connectivity index (χ2v) is 8.11. The molecule has 0 aromatic carbocycles. The van der Waals surface area contributed by atoms with E-state index in [1.54, 1.807) is 20.8 Å². The summed E-state index contributed by atoms with van der Waals surface area (Å²) in [4.78, 5) is 38.6. The lowest BCUT2D eigenvalue weighted by Crippen LogP contribution is -2.27. The zero-order chi connectivity index (χ0) is 17.6. The van der Waals surface area contributed by atoms with Gasteiger partial charge in [0.2, 0.25) is 0 Å². The summed E-state index contributed by atoms with van der Waals surface area (Å²) in [6.45, 7) is 6.66. The molecule has 0 spiro atoms. The van der Waals surface area contributed by atoms with Gasteiger partial charge in [0, 0.05) is 23.8 Å². The topological polar surface area (TPSA) is 106 Å². The van der Waals surface area contributed by atoms with Crippen LogP contribution in [0.15, 0.2) is 6.20 Å². The molecule has 1 amide bonds. The Hall–Kier alpha value is -1.61. The van der Waals surface area contributed by atoms with E-state index < -0.39 is 23.6 Å². The van der Waals surface area contributed by atoms with Crippen molar-refractivity contribution in [3.63, 3.8) is 0 Å². The van der Waals surface area contributed by atoms with E-state index in [0.29, 0.717) is 10.0 Å². The van der Waals surface area contributed by atoms with Crippen molar-refractivity contribution in [1.29, 1.82) is 0 Å². The highest BCUT2D eigenvalue weighted by Gasteiger charge is 2.21. The fraction of sp³-hybridized carbons (Fsp3) is 0.571. The fourth-order valence-electron chi connectivity index (χ4n) is 1.53. The third kappa shape index (κ3) is 7.98. The van der Waals surface area contributed by atoms with Crippen molar-refractivity contribution in [3.05, 3.63) is 11.1 Å². The number of thioether (sulfide) groups is 1. The molecule has 1 heterocycles. The van der Waals surface area contributed by atoms with Crippen LogP contribution in [0.5, 0.6) is 0 Å². The molecule has 2 N–H and O–H groups in total. The minimum atomic E-state index is -0.964. The first kappa shape index (κ1) is 19.4. The van der Waals surface area contributed by atoms with Gasteiger partial charge in [0.25, 0.3) is 0 Å². The van der Waals surface area contributed by atoms with Gasteiger partial charge >= 0.3 is 12.1 Å². The first-order valence-corrected chi connectivity index (χ1v) is 8.68. The van der Waals surface area contributed by atoms with Gasteiger partial charge < -0.3 is 9.84 Å². The number of nitrogens with zero attached hydrogens (tertiary/aromatic N) is 1. The number of anilines is 1. The molecule has 0 aliphatic rings. The van der Waals surface area contributed by atoms with Gasteiger partial charge in [-0.15, -0.1) is 11.3 Å². The number of carbonyl (C=O) groups excluding carboxylic acids is 2. The molecule has 0 radical (unpaired) electrons. The number of amides is 1. The lowest BCUT2D eigenvalue weighted by Gasteiger charge is -2.18. The highest BCUT2D eigenvalue weighted by atomic mass is 32.2. The van der Waals surface area contributed by atoms with Crippen molar-refractivity contribution < 1.29 is 24.2 Å². The van der Waals surface area contributed by atoms with Gasteiger partial charge in [0.1, 0.15) is 5.60 Å². The molecule has 0 bridgehead atoms. The molecular formula is C14H20N2O5S2. The Morgan fingerprint density at radius 1 is 1.43 bits per heavy atom. The molecule has 1 rings (SSSR count). The minimum absolute atomic E-state index is 0.118. The second kappa shape index (κ2) is 8.30. The third-order valence-electron chi connectivity index (χ3n) is 2.45. The normalized spacial score (nSPS) is 12.5. The molecule has 1 aromatic rings. The number of hydrogen-bond acceptors (Lipinski definition) is 7. The molecule has 0 fully saturated rings. The summed E-state index contributed by atoms with van der Waals surface area (Å²) in [6.07, 6.45) is 1.16. The Labute approximate surface area is 142 Å². The van der Waals surface area contributed by atoms with Gasteiger partial charge in [0.05, 0.1) is 5.92 Å². The number of carbonyl (C=O) groups is 3. The van der Waals surface area contributed by atoms with Gasteiger partial charge in [0.15, 0.2) is 10.2 Å². The van der Waals surface area contributed by atoms with Crippen molar-refractivity contribution in [1.82, 2.24) is 4.98 Å². The number of nitrogens with one attached hydrogen (secondary N) is 1. The zero-order valence-corrected chi connectivity index (χ0v) is 15.0. The number of hydrogen-bond donors (Lipinski definition) is 2. The molecule has 0 saturated carbocycles. The van der Waals surface area contributed by atoms with E-state index in [9.17, 15) is 19.5 Å². The Balaban J connectivity index is 2.62. The van der Waals surface area contributed by atoms with Crippen LogP contribution in [0.2, 0.25) is 0 Å². The summed E-state index contributed by atoms with van der Waals surface area (Å²) < 4.78 is 5.12. The van der Waals surface area contributed by atoms with E-state index in [-0.39, 0.29) is 17.3 Å². The van der Waals surface area contributed by atoms with Crippen LogP contribution < -0.4 is 5.32 Å². The molecule has 23 heavy (non-hydrogen) atoms. The quantitative estimate of drug-likeness (QED) is 0.803. The smallest absolute Gasteiger partial charge is 0.413 e. The van der Waals surface area contributed by atoms with Crippen molar-refractivity contribution in [2.45, 2.75) is 39.7 Å². The zero-order valence-electron chi connectivity index (χ0n) is 13.4. The van der Waals surface area contributed by atoms with Crippen molar-refractivity contribution >= 4 is 45.4 Å². The van der Waals surface area contributed by atoms with Crippen LogP contribution in [0.25, 0.3) is 0 Å². The number of ether oxygens (including phenoxy) is 1. The standard InChI is InChI=1S/C14H20N2O5S2/c1-8(17)22-7-9(11(18)19)5-10-6-15-12(23-10)16-13(20)21-14(2,3)4/h6,9H,5,7H2,1-4H3,(H,18,19)(H,15,16,20).